The maximum Gasteiger partial charge on any atom is 0.261 e. The van der Waals surface area contributed by atoms with Crippen molar-refractivity contribution in [3.8, 4) is 5.75 Å². The lowest BCUT2D eigenvalue weighted by Crippen LogP contribution is -2.51. The van der Waals surface area contributed by atoms with Crippen LogP contribution in [0.5, 0.6) is 5.75 Å². The molecule has 1 fully saturated rings. The molecule has 3 aromatic rings. The third kappa shape index (κ3) is 3.81. The monoisotopic (exact) mass is 418 g/mol. The van der Waals surface area contributed by atoms with Gasteiger partial charge < -0.3 is 15.0 Å². The topological polar surface area (TPSA) is 76.5 Å². The first-order valence-electron chi connectivity index (χ1n) is 10.7. The van der Waals surface area contributed by atoms with Gasteiger partial charge in [-0.1, -0.05) is 30.3 Å². The maximum absolute atomic E-state index is 13.0. The standard InChI is InChI=1S/C24H26N4O3/c1-27-12-10-24(11-13-27)14-20(17-6-3-5-9-21(17)31-24)26-22(29)15-28-16-25-19-8-4-2-7-18(19)23(28)30/h2-9,16,20H,10-15H2,1H3,(H,26,29)/t20-/m1/s1. The van der Waals surface area contributed by atoms with Crippen molar-refractivity contribution in [2.45, 2.75) is 37.5 Å². The molecule has 0 saturated carbocycles. The Morgan fingerprint density at radius 3 is 2.74 bits per heavy atom. The van der Waals surface area contributed by atoms with Crippen LogP contribution in [-0.2, 0) is 11.3 Å². The number of amides is 1. The van der Waals surface area contributed by atoms with Crippen molar-refractivity contribution in [2.24, 2.45) is 0 Å². The van der Waals surface area contributed by atoms with Crippen molar-refractivity contribution >= 4 is 16.8 Å². The zero-order valence-electron chi connectivity index (χ0n) is 17.6. The lowest BCUT2D eigenvalue weighted by Gasteiger charge is -2.46. The Morgan fingerprint density at radius 1 is 1.16 bits per heavy atom. The molecule has 1 aromatic heterocycles. The summed E-state index contributed by atoms with van der Waals surface area (Å²) in [7, 11) is 2.12. The Hall–Kier alpha value is -3.19. The molecular weight excluding hydrogens is 392 g/mol. The molecule has 1 atom stereocenters. The van der Waals surface area contributed by atoms with Crippen LogP contribution in [0.15, 0.2) is 59.7 Å². The van der Waals surface area contributed by atoms with Crippen LogP contribution in [0.25, 0.3) is 10.9 Å². The van der Waals surface area contributed by atoms with E-state index in [-0.39, 0.29) is 29.7 Å². The number of para-hydroxylation sites is 2. The van der Waals surface area contributed by atoms with Gasteiger partial charge in [-0.05, 0) is 38.1 Å². The van der Waals surface area contributed by atoms with Crippen LogP contribution in [0.2, 0.25) is 0 Å². The summed E-state index contributed by atoms with van der Waals surface area (Å²) in [6.07, 6.45) is 4.03. The van der Waals surface area contributed by atoms with E-state index in [4.69, 9.17) is 4.74 Å². The summed E-state index contributed by atoms with van der Waals surface area (Å²) in [5, 5.41) is 3.68. The zero-order chi connectivity index (χ0) is 21.4. The highest BCUT2D eigenvalue weighted by molar-refractivity contribution is 5.79. The first kappa shape index (κ1) is 19.8. The molecule has 0 aliphatic carbocycles. The van der Waals surface area contributed by atoms with E-state index in [2.05, 4.69) is 22.2 Å². The number of carbonyl (C=O) groups is 1. The second-order valence-electron chi connectivity index (χ2n) is 8.65. The molecule has 1 spiro atoms. The number of hydrogen-bond donors (Lipinski definition) is 1. The van der Waals surface area contributed by atoms with Gasteiger partial charge in [0.2, 0.25) is 5.91 Å². The Morgan fingerprint density at radius 2 is 1.90 bits per heavy atom. The predicted molar refractivity (Wildman–Crippen MR) is 118 cm³/mol. The summed E-state index contributed by atoms with van der Waals surface area (Å²) in [6, 6.07) is 14.9. The molecule has 2 aliphatic heterocycles. The van der Waals surface area contributed by atoms with Gasteiger partial charge in [0, 0.05) is 25.1 Å². The Labute approximate surface area is 180 Å². The van der Waals surface area contributed by atoms with E-state index in [0.717, 1.165) is 43.7 Å². The van der Waals surface area contributed by atoms with Gasteiger partial charge in [0.25, 0.3) is 5.56 Å². The number of piperidine rings is 1. The molecule has 7 nitrogen and oxygen atoms in total. The molecular formula is C24H26N4O3. The predicted octanol–water partition coefficient (Wildman–Crippen LogP) is 2.50. The first-order chi connectivity index (χ1) is 15.0. The fourth-order valence-corrected chi connectivity index (χ4v) is 4.69. The van der Waals surface area contributed by atoms with E-state index in [1.165, 1.54) is 10.9 Å². The summed E-state index contributed by atoms with van der Waals surface area (Å²) in [5.41, 5.74) is 1.15. The Bertz CT molecular complexity index is 1180. The van der Waals surface area contributed by atoms with Crippen molar-refractivity contribution in [2.75, 3.05) is 20.1 Å². The van der Waals surface area contributed by atoms with E-state index in [0.29, 0.717) is 10.9 Å². The largest absolute Gasteiger partial charge is 0.487 e. The van der Waals surface area contributed by atoms with E-state index in [9.17, 15) is 9.59 Å². The smallest absolute Gasteiger partial charge is 0.261 e. The second kappa shape index (κ2) is 7.81. The van der Waals surface area contributed by atoms with Crippen molar-refractivity contribution in [3.63, 3.8) is 0 Å². The summed E-state index contributed by atoms with van der Waals surface area (Å²) in [5.74, 6) is 0.636. The van der Waals surface area contributed by atoms with Gasteiger partial charge in [-0.25, -0.2) is 4.98 Å². The number of rotatable bonds is 3. The third-order valence-electron chi connectivity index (χ3n) is 6.48. The summed E-state index contributed by atoms with van der Waals surface area (Å²) in [4.78, 5) is 32.3. The van der Waals surface area contributed by atoms with Crippen LogP contribution < -0.4 is 15.6 Å². The molecule has 0 bridgehead atoms. The number of carbonyl (C=O) groups excluding carboxylic acids is 1. The minimum absolute atomic E-state index is 0.0636. The highest BCUT2D eigenvalue weighted by atomic mass is 16.5. The van der Waals surface area contributed by atoms with E-state index in [1.54, 1.807) is 18.2 Å². The third-order valence-corrected chi connectivity index (χ3v) is 6.48. The van der Waals surface area contributed by atoms with Crippen LogP contribution in [0, 0.1) is 0 Å². The van der Waals surface area contributed by atoms with Gasteiger partial charge in [-0.15, -0.1) is 0 Å². The van der Waals surface area contributed by atoms with Crippen LogP contribution in [-0.4, -0.2) is 46.1 Å². The molecule has 0 unspecified atom stereocenters. The molecule has 2 aliphatic rings. The number of likely N-dealkylation sites (tertiary alicyclic amines) is 1. The SMILES string of the molecule is CN1CCC2(CC1)C[C@@H](NC(=O)Cn1cnc3ccccc3c1=O)c1ccccc1O2. The molecule has 31 heavy (non-hydrogen) atoms. The fraction of sp³-hybridized carbons (Fsp3) is 0.375. The fourth-order valence-electron chi connectivity index (χ4n) is 4.69. The molecule has 0 radical (unpaired) electrons. The van der Waals surface area contributed by atoms with E-state index in [1.807, 2.05) is 30.3 Å². The van der Waals surface area contributed by atoms with Crippen LogP contribution in [0.1, 0.15) is 30.9 Å². The van der Waals surface area contributed by atoms with Gasteiger partial charge in [0.05, 0.1) is 23.3 Å². The lowest BCUT2D eigenvalue weighted by molar-refractivity contribution is -0.123. The summed E-state index contributed by atoms with van der Waals surface area (Å²) < 4.78 is 7.83. The second-order valence-corrected chi connectivity index (χ2v) is 8.65. The average molecular weight is 418 g/mol. The van der Waals surface area contributed by atoms with Crippen molar-refractivity contribution in [1.82, 2.24) is 19.8 Å². The first-order valence-corrected chi connectivity index (χ1v) is 10.7. The highest BCUT2D eigenvalue weighted by Crippen LogP contribution is 2.44. The summed E-state index contributed by atoms with van der Waals surface area (Å²) >= 11 is 0. The van der Waals surface area contributed by atoms with Gasteiger partial charge in [-0.3, -0.25) is 14.2 Å². The Kier molecular flexibility index (Phi) is 4.98. The van der Waals surface area contributed by atoms with Crippen LogP contribution >= 0.6 is 0 Å². The van der Waals surface area contributed by atoms with Gasteiger partial charge >= 0.3 is 0 Å². The van der Waals surface area contributed by atoms with Crippen LogP contribution in [0.3, 0.4) is 0 Å². The number of aromatic nitrogens is 2. The number of ether oxygens (including phenoxy) is 1. The van der Waals surface area contributed by atoms with Crippen molar-refractivity contribution < 1.29 is 9.53 Å². The maximum atomic E-state index is 13.0. The Balaban J connectivity index is 1.38. The molecule has 3 heterocycles. The lowest BCUT2D eigenvalue weighted by atomic mass is 9.80. The molecule has 1 saturated heterocycles. The van der Waals surface area contributed by atoms with E-state index >= 15 is 0 Å². The normalized spacial score (nSPS) is 20.2. The van der Waals surface area contributed by atoms with Crippen LogP contribution in [0.4, 0.5) is 0 Å². The van der Waals surface area contributed by atoms with Gasteiger partial charge in [-0.2, -0.15) is 0 Å². The zero-order valence-corrected chi connectivity index (χ0v) is 17.6. The van der Waals surface area contributed by atoms with Crippen molar-refractivity contribution in [3.05, 3.63) is 70.8 Å². The highest BCUT2D eigenvalue weighted by Gasteiger charge is 2.43. The number of hydrogen-bond acceptors (Lipinski definition) is 5. The van der Waals surface area contributed by atoms with Gasteiger partial charge in [0.15, 0.2) is 0 Å². The molecule has 1 N–H and O–H groups in total. The van der Waals surface area contributed by atoms with Gasteiger partial charge in [0.1, 0.15) is 17.9 Å². The summed E-state index contributed by atoms with van der Waals surface area (Å²) in [6.45, 7) is 1.88. The number of nitrogens with zero attached hydrogens (tertiary/aromatic N) is 3. The molecule has 1 amide bonds. The quantitative estimate of drug-likeness (QED) is 0.707. The molecule has 7 heteroatoms. The van der Waals surface area contributed by atoms with Crippen molar-refractivity contribution in [1.29, 1.82) is 0 Å². The minimum atomic E-state index is -0.264. The molecule has 160 valence electrons. The minimum Gasteiger partial charge on any atom is -0.487 e. The number of benzene rings is 2. The van der Waals surface area contributed by atoms with E-state index < -0.39 is 0 Å². The molecule has 5 rings (SSSR count). The molecule has 2 aromatic carbocycles. The number of nitrogens with one attached hydrogen (secondary N) is 1. The number of fused-ring (bicyclic) bond motifs is 2. The average Bonchev–Trinajstić information content (AvgIpc) is 2.78.